The summed E-state index contributed by atoms with van der Waals surface area (Å²) in [5, 5.41) is 0. The summed E-state index contributed by atoms with van der Waals surface area (Å²) in [4.78, 5) is 0. The van der Waals surface area contributed by atoms with Gasteiger partial charge in [-0.25, -0.2) is 0 Å². The molecule has 0 N–H and O–H groups in total. The maximum Gasteiger partial charge on any atom is -0.0316 e. The van der Waals surface area contributed by atoms with Gasteiger partial charge >= 0.3 is 0 Å². The van der Waals surface area contributed by atoms with Gasteiger partial charge in [0.05, 0.1) is 0 Å². The molecule has 0 amide bonds. The lowest BCUT2D eigenvalue weighted by atomic mass is 10.1. The monoisotopic (exact) mass is 216 g/mol. The molecule has 0 spiro atoms. The Kier molecular flexibility index (Phi) is 8.53. The molecule has 0 heteroatoms. The van der Waals surface area contributed by atoms with Crippen molar-refractivity contribution in [2.75, 3.05) is 0 Å². The summed E-state index contributed by atoms with van der Waals surface area (Å²) in [6.45, 7) is 0. The van der Waals surface area contributed by atoms with Gasteiger partial charge in [0, 0.05) is 0 Å². The molecule has 0 nitrogen and oxygen atoms in total. The first-order chi connectivity index (χ1) is 8.00. The van der Waals surface area contributed by atoms with Crippen molar-refractivity contribution in [3.05, 3.63) is 48.6 Å². The van der Waals surface area contributed by atoms with Gasteiger partial charge in [0.2, 0.25) is 0 Å². The second-order valence-corrected chi connectivity index (χ2v) is 4.24. The molecule has 0 aromatic carbocycles. The Morgan fingerprint density at radius 2 is 0.750 bits per heavy atom. The molecule has 0 aromatic rings. The summed E-state index contributed by atoms with van der Waals surface area (Å²) in [6.07, 6.45) is 28.0. The SMILES string of the molecule is C1=CCCC=CCC1.C1=CCCCCC=C1. The van der Waals surface area contributed by atoms with Gasteiger partial charge in [-0.2, -0.15) is 0 Å². The van der Waals surface area contributed by atoms with Gasteiger partial charge in [-0.15, -0.1) is 0 Å². The third-order valence-corrected chi connectivity index (χ3v) is 2.71. The van der Waals surface area contributed by atoms with Crippen LogP contribution in [0.4, 0.5) is 0 Å². The number of hydrogen-bond donors (Lipinski definition) is 0. The van der Waals surface area contributed by atoms with Crippen LogP contribution in [0, 0.1) is 0 Å². The maximum absolute atomic E-state index is 2.27. The average molecular weight is 216 g/mol. The molecule has 0 aromatic heterocycles. The highest BCUT2D eigenvalue weighted by molar-refractivity contribution is 5.03. The minimum atomic E-state index is 1.23. The van der Waals surface area contributed by atoms with E-state index in [0.29, 0.717) is 0 Å². The largest absolute Gasteiger partial charge is 0.0882 e. The smallest absolute Gasteiger partial charge is 0.0316 e. The van der Waals surface area contributed by atoms with Crippen molar-refractivity contribution in [3.8, 4) is 0 Å². The van der Waals surface area contributed by atoms with E-state index in [1.165, 1.54) is 51.4 Å². The van der Waals surface area contributed by atoms with E-state index in [1.807, 2.05) is 0 Å². The van der Waals surface area contributed by atoms with Crippen LogP contribution in [0.15, 0.2) is 48.6 Å². The molecule has 0 atom stereocenters. The molecule has 0 radical (unpaired) electrons. The topological polar surface area (TPSA) is 0 Å². The van der Waals surface area contributed by atoms with Crippen LogP contribution in [-0.4, -0.2) is 0 Å². The first-order valence-corrected chi connectivity index (χ1v) is 6.62. The van der Waals surface area contributed by atoms with Crippen LogP contribution < -0.4 is 0 Å². The van der Waals surface area contributed by atoms with E-state index in [2.05, 4.69) is 48.6 Å². The molecule has 0 unspecified atom stereocenters. The van der Waals surface area contributed by atoms with Gasteiger partial charge in [-0.1, -0.05) is 48.6 Å². The van der Waals surface area contributed by atoms with E-state index < -0.39 is 0 Å². The van der Waals surface area contributed by atoms with Crippen LogP contribution in [-0.2, 0) is 0 Å². The van der Waals surface area contributed by atoms with E-state index in [1.54, 1.807) is 0 Å². The molecule has 2 aliphatic rings. The summed E-state index contributed by atoms with van der Waals surface area (Å²) in [7, 11) is 0. The van der Waals surface area contributed by atoms with Crippen LogP contribution in [0.1, 0.15) is 51.4 Å². The molecular weight excluding hydrogens is 192 g/mol. The van der Waals surface area contributed by atoms with Gasteiger partial charge in [0.25, 0.3) is 0 Å². The Bertz CT molecular complexity index is 213. The molecule has 0 aliphatic heterocycles. The highest BCUT2D eigenvalue weighted by Gasteiger charge is 1.84. The molecule has 0 saturated carbocycles. The Balaban J connectivity index is 0.000000160. The van der Waals surface area contributed by atoms with E-state index in [0.717, 1.165) is 0 Å². The van der Waals surface area contributed by atoms with Crippen LogP contribution in [0.2, 0.25) is 0 Å². The molecule has 88 valence electrons. The minimum absolute atomic E-state index is 1.23. The average Bonchev–Trinajstić information content (AvgIpc) is 2.15. The number of hydrogen-bond acceptors (Lipinski definition) is 0. The van der Waals surface area contributed by atoms with Crippen LogP contribution >= 0.6 is 0 Å². The summed E-state index contributed by atoms with van der Waals surface area (Å²) < 4.78 is 0. The first-order valence-electron chi connectivity index (χ1n) is 6.62. The Hall–Kier alpha value is -1.04. The zero-order valence-electron chi connectivity index (χ0n) is 10.3. The standard InChI is InChI=1S/2C8H12/c2*1-2-4-6-8-7-5-3-1/h1-2,7-8H,3-6H2;1-4H,5-8H2. The normalized spacial score (nSPS) is 20.0. The summed E-state index contributed by atoms with van der Waals surface area (Å²) in [5.74, 6) is 0. The van der Waals surface area contributed by atoms with Crippen molar-refractivity contribution in [1.29, 1.82) is 0 Å². The van der Waals surface area contributed by atoms with E-state index in [4.69, 9.17) is 0 Å². The van der Waals surface area contributed by atoms with Crippen molar-refractivity contribution in [2.45, 2.75) is 51.4 Å². The van der Waals surface area contributed by atoms with Crippen molar-refractivity contribution < 1.29 is 0 Å². The van der Waals surface area contributed by atoms with Gasteiger partial charge < -0.3 is 0 Å². The van der Waals surface area contributed by atoms with Gasteiger partial charge in [-0.05, 0) is 51.4 Å². The minimum Gasteiger partial charge on any atom is -0.0882 e. The third kappa shape index (κ3) is 8.28. The lowest BCUT2D eigenvalue weighted by Crippen LogP contribution is -1.74. The lowest BCUT2D eigenvalue weighted by Gasteiger charge is -1.94. The molecule has 0 heterocycles. The van der Waals surface area contributed by atoms with Crippen molar-refractivity contribution in [1.82, 2.24) is 0 Å². The number of allylic oxidation sites excluding steroid dienone is 8. The molecule has 0 saturated heterocycles. The molecule has 2 rings (SSSR count). The van der Waals surface area contributed by atoms with E-state index >= 15 is 0 Å². The Labute approximate surface area is 100 Å². The Morgan fingerprint density at radius 3 is 1.12 bits per heavy atom. The predicted octanol–water partition coefficient (Wildman–Crippen LogP) is 5.35. The molecule has 2 aliphatic carbocycles. The summed E-state index contributed by atoms with van der Waals surface area (Å²) in [6, 6.07) is 0. The molecule has 0 fully saturated rings. The number of rotatable bonds is 0. The zero-order valence-corrected chi connectivity index (χ0v) is 10.3. The fraction of sp³-hybridized carbons (Fsp3) is 0.500. The summed E-state index contributed by atoms with van der Waals surface area (Å²) in [5.41, 5.74) is 0. The second kappa shape index (κ2) is 10.5. The highest BCUT2D eigenvalue weighted by atomic mass is 13.9. The Morgan fingerprint density at radius 1 is 0.375 bits per heavy atom. The van der Waals surface area contributed by atoms with Crippen molar-refractivity contribution >= 4 is 0 Å². The fourth-order valence-electron chi connectivity index (χ4n) is 1.73. The van der Waals surface area contributed by atoms with Gasteiger partial charge in [0.1, 0.15) is 0 Å². The zero-order chi connectivity index (χ0) is 11.3. The van der Waals surface area contributed by atoms with Crippen LogP contribution in [0.5, 0.6) is 0 Å². The van der Waals surface area contributed by atoms with E-state index in [-0.39, 0.29) is 0 Å². The summed E-state index contributed by atoms with van der Waals surface area (Å²) >= 11 is 0. The lowest BCUT2D eigenvalue weighted by molar-refractivity contribution is 0.758. The van der Waals surface area contributed by atoms with E-state index in [9.17, 15) is 0 Å². The quantitative estimate of drug-likeness (QED) is 0.479. The molecule has 0 bridgehead atoms. The molecular formula is C16H24. The van der Waals surface area contributed by atoms with Crippen LogP contribution in [0.25, 0.3) is 0 Å². The van der Waals surface area contributed by atoms with Gasteiger partial charge in [-0.3, -0.25) is 0 Å². The third-order valence-electron chi connectivity index (χ3n) is 2.71. The van der Waals surface area contributed by atoms with Gasteiger partial charge in [0.15, 0.2) is 0 Å². The first kappa shape index (κ1) is 13.0. The van der Waals surface area contributed by atoms with Crippen molar-refractivity contribution in [3.63, 3.8) is 0 Å². The highest BCUT2D eigenvalue weighted by Crippen LogP contribution is 2.04. The fourth-order valence-corrected chi connectivity index (χ4v) is 1.73. The maximum atomic E-state index is 2.27. The predicted molar refractivity (Wildman–Crippen MR) is 73.5 cm³/mol. The van der Waals surface area contributed by atoms with Crippen LogP contribution in [0.3, 0.4) is 0 Å². The second-order valence-electron chi connectivity index (χ2n) is 4.24. The molecule has 16 heavy (non-hydrogen) atoms. The van der Waals surface area contributed by atoms with Crippen molar-refractivity contribution in [2.24, 2.45) is 0 Å².